The van der Waals surface area contributed by atoms with E-state index in [1.807, 2.05) is 0 Å². The van der Waals surface area contributed by atoms with Gasteiger partial charge in [-0.1, -0.05) is 0 Å². The Hall–Kier alpha value is -2.90. The molecule has 0 fully saturated rings. The van der Waals surface area contributed by atoms with Gasteiger partial charge in [-0.25, -0.2) is 0 Å². The lowest BCUT2D eigenvalue weighted by molar-refractivity contribution is -0.138. The zero-order chi connectivity index (χ0) is 16.5. The van der Waals surface area contributed by atoms with Crippen molar-refractivity contribution in [1.82, 2.24) is 0 Å². The third kappa shape index (κ3) is 7.04. The van der Waals surface area contributed by atoms with Crippen molar-refractivity contribution in [1.29, 1.82) is 0 Å². The molecule has 0 aliphatic carbocycles. The molecular weight excluding hydrogens is 292 g/mol. The molecule has 22 heavy (non-hydrogen) atoms. The summed E-state index contributed by atoms with van der Waals surface area (Å²) in [7, 11) is 0. The molecule has 1 rings (SSSR count). The average molecular weight is 308 g/mol. The van der Waals surface area contributed by atoms with Gasteiger partial charge in [-0.05, 0) is 24.3 Å². The Balaban J connectivity index is 2.45. The fraction of sp³-hybridized carbons (Fsp3) is 0.286. The van der Waals surface area contributed by atoms with E-state index in [9.17, 15) is 19.2 Å². The molecule has 0 bridgehead atoms. The highest BCUT2D eigenvalue weighted by molar-refractivity contribution is 5.94. The lowest BCUT2D eigenvalue weighted by atomic mass is 10.2. The van der Waals surface area contributed by atoms with Gasteiger partial charge in [0, 0.05) is 24.2 Å². The first-order chi connectivity index (χ1) is 10.4. The lowest BCUT2D eigenvalue weighted by Gasteiger charge is -2.07. The maximum atomic E-state index is 11.4. The van der Waals surface area contributed by atoms with Crippen molar-refractivity contribution in [2.24, 2.45) is 0 Å². The normalized spacial score (nSPS) is 9.82. The second kappa shape index (κ2) is 8.40. The van der Waals surface area contributed by atoms with Gasteiger partial charge in [-0.15, -0.1) is 0 Å². The zero-order valence-electron chi connectivity index (χ0n) is 11.7. The van der Waals surface area contributed by atoms with Crippen LogP contribution in [-0.4, -0.2) is 34.0 Å². The summed E-state index contributed by atoms with van der Waals surface area (Å²) in [5.41, 5.74) is 0.942. The maximum absolute atomic E-state index is 11.4. The van der Waals surface area contributed by atoms with Crippen LogP contribution in [0.4, 0.5) is 11.4 Å². The van der Waals surface area contributed by atoms with Gasteiger partial charge in [0.15, 0.2) is 0 Å². The maximum Gasteiger partial charge on any atom is 0.303 e. The van der Waals surface area contributed by atoms with E-state index in [2.05, 4.69) is 10.6 Å². The van der Waals surface area contributed by atoms with Gasteiger partial charge in [0.2, 0.25) is 11.8 Å². The van der Waals surface area contributed by atoms with Crippen molar-refractivity contribution in [3.05, 3.63) is 24.3 Å². The summed E-state index contributed by atoms with van der Waals surface area (Å²) in [6.45, 7) is 0. The molecule has 8 nitrogen and oxygen atoms in total. The predicted molar refractivity (Wildman–Crippen MR) is 77.4 cm³/mol. The number of nitrogens with one attached hydrogen (secondary N) is 2. The van der Waals surface area contributed by atoms with Crippen molar-refractivity contribution < 1.29 is 29.4 Å². The molecule has 0 aromatic heterocycles. The summed E-state index contributed by atoms with van der Waals surface area (Å²) in [6.07, 6.45) is -0.737. The molecule has 0 saturated carbocycles. The number of benzene rings is 1. The summed E-state index contributed by atoms with van der Waals surface area (Å²) in [4.78, 5) is 43.5. The van der Waals surface area contributed by atoms with Crippen molar-refractivity contribution in [3.8, 4) is 0 Å². The van der Waals surface area contributed by atoms with Gasteiger partial charge < -0.3 is 20.8 Å². The molecule has 8 heteroatoms. The Bertz CT molecular complexity index is 516. The summed E-state index contributed by atoms with van der Waals surface area (Å²) < 4.78 is 0. The summed E-state index contributed by atoms with van der Waals surface area (Å²) in [5, 5.41) is 22.0. The number of hydrogen-bond donors (Lipinski definition) is 4. The van der Waals surface area contributed by atoms with Gasteiger partial charge in [0.05, 0.1) is 12.8 Å². The predicted octanol–water partition coefficient (Wildman–Crippen LogP) is 1.29. The number of carbonyl (C=O) groups excluding carboxylic acids is 2. The minimum Gasteiger partial charge on any atom is -0.481 e. The Morgan fingerprint density at radius 2 is 1.00 bits per heavy atom. The van der Waals surface area contributed by atoms with Crippen LogP contribution in [0.3, 0.4) is 0 Å². The van der Waals surface area contributed by atoms with Crippen LogP contribution in [0, 0.1) is 0 Å². The third-order valence-electron chi connectivity index (χ3n) is 2.58. The van der Waals surface area contributed by atoms with E-state index in [1.54, 1.807) is 24.3 Å². The molecule has 1 aromatic rings. The quantitative estimate of drug-likeness (QED) is 0.572. The number of carbonyl (C=O) groups is 4. The largest absolute Gasteiger partial charge is 0.481 e. The smallest absolute Gasteiger partial charge is 0.303 e. The van der Waals surface area contributed by atoms with Crippen molar-refractivity contribution in [3.63, 3.8) is 0 Å². The molecular formula is C14H16N2O6. The second-order valence-corrected chi connectivity index (χ2v) is 4.46. The van der Waals surface area contributed by atoms with Crippen LogP contribution in [0.2, 0.25) is 0 Å². The molecule has 0 atom stereocenters. The number of anilines is 2. The van der Waals surface area contributed by atoms with E-state index in [0.717, 1.165) is 0 Å². The first-order valence-electron chi connectivity index (χ1n) is 6.50. The Labute approximate surface area is 126 Å². The summed E-state index contributed by atoms with van der Waals surface area (Å²) in [5.74, 6) is -2.93. The number of rotatable bonds is 8. The highest BCUT2D eigenvalue weighted by Crippen LogP contribution is 2.14. The van der Waals surface area contributed by atoms with Crippen LogP contribution in [0.1, 0.15) is 25.7 Å². The van der Waals surface area contributed by atoms with E-state index >= 15 is 0 Å². The number of carboxylic acid groups (broad SMARTS) is 2. The van der Waals surface area contributed by atoms with E-state index < -0.39 is 23.8 Å². The monoisotopic (exact) mass is 308 g/mol. The number of amides is 2. The van der Waals surface area contributed by atoms with Crippen molar-refractivity contribution in [2.45, 2.75) is 25.7 Å². The number of hydrogen-bond acceptors (Lipinski definition) is 4. The van der Waals surface area contributed by atoms with Crippen LogP contribution < -0.4 is 10.6 Å². The van der Waals surface area contributed by atoms with Crippen molar-refractivity contribution >= 4 is 35.1 Å². The molecule has 0 unspecified atom stereocenters. The molecule has 0 heterocycles. The van der Waals surface area contributed by atoms with Crippen molar-refractivity contribution in [2.75, 3.05) is 10.6 Å². The Morgan fingerprint density at radius 3 is 1.27 bits per heavy atom. The van der Waals surface area contributed by atoms with Gasteiger partial charge in [0.25, 0.3) is 0 Å². The molecule has 0 aliphatic rings. The van der Waals surface area contributed by atoms with Gasteiger partial charge in [0.1, 0.15) is 0 Å². The number of aliphatic carboxylic acids is 2. The van der Waals surface area contributed by atoms with Crippen LogP contribution in [0.25, 0.3) is 0 Å². The molecule has 2 amide bonds. The molecule has 118 valence electrons. The highest BCUT2D eigenvalue weighted by atomic mass is 16.4. The second-order valence-electron chi connectivity index (χ2n) is 4.46. The zero-order valence-corrected chi connectivity index (χ0v) is 11.7. The minimum atomic E-state index is -1.05. The topological polar surface area (TPSA) is 133 Å². The summed E-state index contributed by atoms with van der Waals surface area (Å²) >= 11 is 0. The molecule has 0 saturated heterocycles. The van der Waals surface area contributed by atoms with Crippen LogP contribution in [-0.2, 0) is 19.2 Å². The first-order valence-corrected chi connectivity index (χ1v) is 6.50. The van der Waals surface area contributed by atoms with Crippen LogP contribution in [0.5, 0.6) is 0 Å². The molecule has 0 aliphatic heterocycles. The molecule has 0 radical (unpaired) electrons. The van der Waals surface area contributed by atoms with E-state index in [1.165, 1.54) is 0 Å². The number of carboxylic acids is 2. The van der Waals surface area contributed by atoms with Gasteiger partial charge in [-0.2, -0.15) is 0 Å². The van der Waals surface area contributed by atoms with Crippen LogP contribution >= 0.6 is 0 Å². The fourth-order valence-corrected chi connectivity index (χ4v) is 1.52. The fourth-order valence-electron chi connectivity index (χ4n) is 1.52. The molecule has 1 aromatic carbocycles. The standard InChI is InChI=1S/C14H16N2O6/c17-11(5-7-13(19)20)15-9-1-2-10(4-3-9)16-12(18)6-8-14(21)22/h1-4H,5-8H2,(H,15,17)(H,16,18)(H,19,20)(H,21,22). The minimum absolute atomic E-state index is 0.122. The summed E-state index contributed by atoms with van der Waals surface area (Å²) in [6, 6.07) is 6.19. The Morgan fingerprint density at radius 1 is 0.682 bits per heavy atom. The molecule has 0 spiro atoms. The highest BCUT2D eigenvalue weighted by Gasteiger charge is 2.07. The SMILES string of the molecule is O=C(O)CCC(=O)Nc1ccc(NC(=O)CCC(=O)O)cc1. The third-order valence-corrected chi connectivity index (χ3v) is 2.58. The first kappa shape index (κ1) is 17.2. The Kier molecular flexibility index (Phi) is 6.55. The average Bonchev–Trinajstić information content (AvgIpc) is 2.45. The van der Waals surface area contributed by atoms with E-state index in [0.29, 0.717) is 11.4 Å². The van der Waals surface area contributed by atoms with Gasteiger partial charge in [-0.3, -0.25) is 19.2 Å². The van der Waals surface area contributed by atoms with E-state index in [4.69, 9.17) is 10.2 Å². The van der Waals surface area contributed by atoms with E-state index in [-0.39, 0.29) is 25.7 Å². The van der Waals surface area contributed by atoms with Crippen LogP contribution in [0.15, 0.2) is 24.3 Å². The van der Waals surface area contributed by atoms with Gasteiger partial charge >= 0.3 is 11.9 Å². The lowest BCUT2D eigenvalue weighted by Crippen LogP contribution is -2.14. The molecule has 4 N–H and O–H groups in total.